The van der Waals surface area contributed by atoms with E-state index in [1.165, 1.54) is 6.07 Å². The molecule has 4 N–H and O–H groups in total. The molecule has 0 aliphatic carbocycles. The average Bonchev–Trinajstić information content (AvgIpc) is 2.47. The van der Waals surface area contributed by atoms with Crippen LogP contribution in [0, 0.1) is 0 Å². The van der Waals surface area contributed by atoms with Crippen molar-refractivity contribution in [1.29, 1.82) is 0 Å². The van der Waals surface area contributed by atoms with Crippen LogP contribution in [0.4, 0.5) is 10.1 Å². The Balaban J connectivity index is 2.55. The Morgan fingerprint density at radius 3 is 2.85 bits per heavy atom. The number of primary amides is 1. The maximum absolute atomic E-state index is 13.8. The van der Waals surface area contributed by atoms with Crippen LogP contribution in [-0.2, 0) is 10.6 Å². The predicted octanol–water partition coefficient (Wildman–Crippen LogP) is 0.224. The highest BCUT2D eigenvalue weighted by Gasteiger charge is 2.44. The Morgan fingerprint density at radius 2 is 2.15 bits per heavy atom. The van der Waals surface area contributed by atoms with Gasteiger partial charge in [0.2, 0.25) is 0 Å². The van der Waals surface area contributed by atoms with Crippen LogP contribution in [0.3, 0.4) is 0 Å². The van der Waals surface area contributed by atoms with E-state index in [0.717, 1.165) is 0 Å². The fourth-order valence-electron chi connectivity index (χ4n) is 1.31. The molecule has 0 saturated heterocycles. The molecule has 2 rings (SSSR count). The van der Waals surface area contributed by atoms with Crippen LogP contribution in [-0.4, -0.2) is 5.91 Å². The van der Waals surface area contributed by atoms with E-state index in [0.29, 0.717) is 5.69 Å². The topological polar surface area (TPSA) is 67.2 Å². The summed E-state index contributed by atoms with van der Waals surface area (Å²) in [6.45, 7) is 0. The summed E-state index contributed by atoms with van der Waals surface area (Å²) in [5.41, 5.74) is 10.4. The van der Waals surface area contributed by atoms with Gasteiger partial charge in [0.15, 0.2) is 0 Å². The van der Waals surface area contributed by atoms with Crippen molar-refractivity contribution >= 4 is 11.6 Å². The second-order valence-electron chi connectivity index (χ2n) is 2.82. The first-order chi connectivity index (χ1) is 6.14. The average molecular weight is 181 g/mol. The van der Waals surface area contributed by atoms with E-state index in [2.05, 4.69) is 10.9 Å². The molecule has 1 aliphatic heterocycles. The van der Waals surface area contributed by atoms with Crippen molar-refractivity contribution < 1.29 is 9.18 Å². The number of hydrazine groups is 1. The van der Waals surface area contributed by atoms with Gasteiger partial charge >= 0.3 is 0 Å². The third-order valence-corrected chi connectivity index (χ3v) is 2.01. The smallest absolute Gasteiger partial charge is 0.283 e. The quantitative estimate of drug-likeness (QED) is 0.543. The fourth-order valence-corrected chi connectivity index (χ4v) is 1.31. The van der Waals surface area contributed by atoms with Gasteiger partial charge in [-0.2, -0.15) is 5.43 Å². The summed E-state index contributed by atoms with van der Waals surface area (Å²) in [4.78, 5) is 10.8. The van der Waals surface area contributed by atoms with E-state index >= 15 is 0 Å². The lowest BCUT2D eigenvalue weighted by molar-refractivity contribution is -0.131. The minimum absolute atomic E-state index is 0.225. The number of nitrogens with one attached hydrogen (secondary N) is 2. The Hall–Kier alpha value is -1.62. The summed E-state index contributed by atoms with van der Waals surface area (Å²) in [7, 11) is 0. The van der Waals surface area contributed by atoms with Crippen molar-refractivity contribution in [2.75, 3.05) is 5.43 Å². The maximum atomic E-state index is 13.8. The van der Waals surface area contributed by atoms with Gasteiger partial charge in [0, 0.05) is 5.56 Å². The first-order valence-electron chi connectivity index (χ1n) is 3.76. The molecule has 0 spiro atoms. The number of fused-ring (bicyclic) bond motifs is 1. The lowest BCUT2D eigenvalue weighted by Crippen LogP contribution is -2.46. The van der Waals surface area contributed by atoms with Crippen molar-refractivity contribution in [1.82, 2.24) is 5.43 Å². The Labute approximate surface area is 73.9 Å². The van der Waals surface area contributed by atoms with Crippen LogP contribution < -0.4 is 16.6 Å². The first kappa shape index (κ1) is 8.00. The Morgan fingerprint density at radius 1 is 1.46 bits per heavy atom. The molecule has 1 aliphatic rings. The van der Waals surface area contributed by atoms with E-state index in [9.17, 15) is 9.18 Å². The molecule has 1 aromatic carbocycles. The predicted molar refractivity (Wildman–Crippen MR) is 45.2 cm³/mol. The van der Waals surface area contributed by atoms with E-state index in [1.54, 1.807) is 18.2 Å². The van der Waals surface area contributed by atoms with Gasteiger partial charge in [-0.15, -0.1) is 0 Å². The molecule has 1 unspecified atom stereocenters. The number of anilines is 1. The number of carbonyl (C=O) groups is 1. The number of rotatable bonds is 1. The van der Waals surface area contributed by atoms with Crippen molar-refractivity contribution in [3.8, 4) is 0 Å². The zero-order chi connectivity index (χ0) is 9.47. The molecule has 13 heavy (non-hydrogen) atoms. The van der Waals surface area contributed by atoms with Crippen molar-refractivity contribution in [2.24, 2.45) is 5.73 Å². The maximum Gasteiger partial charge on any atom is 0.283 e. The number of nitrogens with two attached hydrogens (primary N) is 1. The third kappa shape index (κ3) is 0.972. The number of hydrogen-bond donors (Lipinski definition) is 3. The molecule has 68 valence electrons. The van der Waals surface area contributed by atoms with Crippen LogP contribution in [0.5, 0.6) is 0 Å². The number of alkyl halides is 1. The SMILES string of the molecule is NC(=O)C1(F)NNc2ccccc21. The minimum Gasteiger partial charge on any atom is -0.365 e. The van der Waals surface area contributed by atoms with Crippen molar-refractivity contribution in [3.63, 3.8) is 0 Å². The van der Waals surface area contributed by atoms with E-state index in [-0.39, 0.29) is 5.56 Å². The monoisotopic (exact) mass is 181 g/mol. The number of carbonyl (C=O) groups excluding carboxylic acids is 1. The molecule has 0 bridgehead atoms. The highest BCUT2D eigenvalue weighted by Crippen LogP contribution is 2.33. The summed E-state index contributed by atoms with van der Waals surface area (Å²) < 4.78 is 13.8. The minimum atomic E-state index is -2.30. The van der Waals surface area contributed by atoms with Gasteiger partial charge in [-0.25, -0.2) is 4.39 Å². The molecule has 4 nitrogen and oxygen atoms in total. The van der Waals surface area contributed by atoms with Gasteiger partial charge in [0.25, 0.3) is 11.7 Å². The molecule has 0 aromatic heterocycles. The zero-order valence-electron chi connectivity index (χ0n) is 6.67. The van der Waals surface area contributed by atoms with Gasteiger partial charge in [-0.05, 0) is 6.07 Å². The molecule has 5 heteroatoms. The molecule has 1 amide bonds. The number of hydrogen-bond acceptors (Lipinski definition) is 3. The lowest BCUT2D eigenvalue weighted by atomic mass is 10.0. The molecule has 1 aromatic rings. The number of benzene rings is 1. The summed E-state index contributed by atoms with van der Waals surface area (Å²) in [6, 6.07) is 6.55. The second-order valence-corrected chi connectivity index (χ2v) is 2.82. The standard InChI is InChI=1S/C8H8FN3O/c9-8(7(10)13)5-3-1-2-4-6(5)11-12-8/h1-4,11-12H,(H2,10,13). The third-order valence-electron chi connectivity index (χ3n) is 2.01. The normalized spacial score (nSPS) is 25.0. The lowest BCUT2D eigenvalue weighted by Gasteiger charge is -2.14. The summed E-state index contributed by atoms with van der Waals surface area (Å²) in [6.07, 6.45) is 0. The van der Waals surface area contributed by atoms with Gasteiger partial charge < -0.3 is 11.2 Å². The van der Waals surface area contributed by atoms with Crippen LogP contribution >= 0.6 is 0 Å². The Kier molecular flexibility index (Phi) is 1.50. The molecule has 1 heterocycles. The van der Waals surface area contributed by atoms with E-state index in [1.807, 2.05) is 0 Å². The largest absolute Gasteiger partial charge is 0.365 e. The second kappa shape index (κ2) is 2.43. The highest BCUT2D eigenvalue weighted by molar-refractivity contribution is 5.88. The number of halogens is 1. The van der Waals surface area contributed by atoms with Crippen molar-refractivity contribution in [3.05, 3.63) is 29.8 Å². The molecule has 0 fully saturated rings. The molecular formula is C8H8FN3O. The Bertz CT molecular complexity index is 368. The van der Waals surface area contributed by atoms with Gasteiger partial charge in [0.05, 0.1) is 5.69 Å². The summed E-state index contributed by atoms with van der Waals surface area (Å²) in [5.74, 6) is -3.35. The van der Waals surface area contributed by atoms with Crippen LogP contribution in [0.15, 0.2) is 24.3 Å². The van der Waals surface area contributed by atoms with E-state index in [4.69, 9.17) is 5.73 Å². The number of amides is 1. The van der Waals surface area contributed by atoms with Crippen LogP contribution in [0.25, 0.3) is 0 Å². The van der Waals surface area contributed by atoms with Crippen molar-refractivity contribution in [2.45, 2.75) is 5.79 Å². The summed E-state index contributed by atoms with van der Waals surface area (Å²) >= 11 is 0. The zero-order valence-corrected chi connectivity index (χ0v) is 6.67. The molecule has 0 saturated carbocycles. The summed E-state index contributed by atoms with van der Waals surface area (Å²) in [5, 5.41) is 0. The number of para-hydroxylation sites is 1. The van der Waals surface area contributed by atoms with Crippen LogP contribution in [0.1, 0.15) is 5.56 Å². The van der Waals surface area contributed by atoms with Gasteiger partial charge in [-0.3, -0.25) is 4.79 Å². The first-order valence-corrected chi connectivity index (χ1v) is 3.76. The van der Waals surface area contributed by atoms with Gasteiger partial charge in [-0.1, -0.05) is 18.2 Å². The molecule has 0 radical (unpaired) electrons. The fraction of sp³-hybridized carbons (Fsp3) is 0.125. The van der Waals surface area contributed by atoms with Gasteiger partial charge in [0.1, 0.15) is 0 Å². The van der Waals surface area contributed by atoms with Crippen LogP contribution in [0.2, 0.25) is 0 Å². The van der Waals surface area contributed by atoms with E-state index < -0.39 is 11.7 Å². The highest BCUT2D eigenvalue weighted by atomic mass is 19.1. The molecular weight excluding hydrogens is 173 g/mol. The molecule has 1 atom stereocenters.